The van der Waals surface area contributed by atoms with E-state index in [2.05, 4.69) is 0 Å². The molecule has 1 N–H and O–H groups in total. The summed E-state index contributed by atoms with van der Waals surface area (Å²) in [5.41, 5.74) is 2.28. The van der Waals surface area contributed by atoms with Crippen molar-refractivity contribution in [2.45, 2.75) is 18.1 Å². The van der Waals surface area contributed by atoms with E-state index in [9.17, 15) is 9.90 Å². The Balaban J connectivity index is 1.70. The fraction of sp³-hybridized carbons (Fsp3) is 0.240. The van der Waals surface area contributed by atoms with Crippen LogP contribution in [0.3, 0.4) is 0 Å². The standard InChI is InChI=1S/C25H23NO5/c1-29-21-14-16-12-13-26-24(28)23(31-19-10-8-18(27)9-11-19)25(26,17-6-4-3-5-7-17)20(16)15-22(21)30-2/h3-11,14-15,23,27H,12-13H2,1-2H3/t23-,25+/m1/s1. The van der Waals surface area contributed by atoms with Crippen molar-refractivity contribution in [2.75, 3.05) is 20.8 Å². The second-order valence-corrected chi connectivity index (χ2v) is 7.73. The summed E-state index contributed by atoms with van der Waals surface area (Å²) in [6, 6.07) is 20.3. The number of amides is 1. The van der Waals surface area contributed by atoms with Crippen molar-refractivity contribution in [3.63, 3.8) is 0 Å². The molecular weight excluding hydrogens is 394 g/mol. The van der Waals surface area contributed by atoms with Gasteiger partial charge in [-0.2, -0.15) is 0 Å². The van der Waals surface area contributed by atoms with Crippen molar-refractivity contribution in [1.82, 2.24) is 4.90 Å². The van der Waals surface area contributed by atoms with E-state index in [0.29, 0.717) is 23.8 Å². The first-order valence-corrected chi connectivity index (χ1v) is 10.2. The van der Waals surface area contributed by atoms with Gasteiger partial charge in [0.15, 0.2) is 11.5 Å². The largest absolute Gasteiger partial charge is 0.508 e. The van der Waals surface area contributed by atoms with Crippen LogP contribution in [0.25, 0.3) is 0 Å². The molecule has 0 unspecified atom stereocenters. The summed E-state index contributed by atoms with van der Waals surface area (Å²) >= 11 is 0. The number of β-lactam (4-membered cyclic amide) rings is 1. The van der Waals surface area contributed by atoms with Gasteiger partial charge >= 0.3 is 0 Å². The minimum absolute atomic E-state index is 0.0580. The van der Waals surface area contributed by atoms with Gasteiger partial charge in [0, 0.05) is 6.54 Å². The topological polar surface area (TPSA) is 68.2 Å². The molecule has 158 valence electrons. The van der Waals surface area contributed by atoms with Crippen LogP contribution in [0.15, 0.2) is 66.7 Å². The van der Waals surface area contributed by atoms with Crippen molar-refractivity contribution in [3.05, 3.63) is 83.4 Å². The van der Waals surface area contributed by atoms with Crippen molar-refractivity contribution in [1.29, 1.82) is 0 Å². The summed E-state index contributed by atoms with van der Waals surface area (Å²) in [4.78, 5) is 15.1. The molecule has 0 aliphatic carbocycles. The number of aromatic hydroxyl groups is 1. The number of rotatable bonds is 5. The number of phenolic OH excluding ortho intramolecular Hbond substituents is 1. The van der Waals surface area contributed by atoms with Gasteiger partial charge in [-0.1, -0.05) is 30.3 Å². The summed E-state index contributed by atoms with van der Waals surface area (Å²) in [5, 5.41) is 9.61. The molecule has 5 rings (SSSR count). The lowest BCUT2D eigenvalue weighted by Crippen LogP contribution is -2.76. The van der Waals surface area contributed by atoms with Crippen molar-refractivity contribution in [3.8, 4) is 23.0 Å². The van der Waals surface area contributed by atoms with E-state index in [-0.39, 0.29) is 11.7 Å². The molecule has 0 saturated carbocycles. The first kappa shape index (κ1) is 19.3. The lowest BCUT2D eigenvalue weighted by atomic mass is 9.66. The van der Waals surface area contributed by atoms with Crippen LogP contribution in [0.4, 0.5) is 0 Å². The minimum atomic E-state index is -0.774. The minimum Gasteiger partial charge on any atom is -0.508 e. The van der Waals surface area contributed by atoms with Gasteiger partial charge in [0.25, 0.3) is 5.91 Å². The SMILES string of the molecule is COc1cc2c(cc1OC)[C@@]1(c3ccccc3)[C@H](Oc3ccc(O)cc3)C(=O)N1CC2. The molecule has 1 saturated heterocycles. The maximum atomic E-state index is 13.2. The number of methoxy groups -OCH3 is 2. The van der Waals surface area contributed by atoms with Crippen molar-refractivity contribution in [2.24, 2.45) is 0 Å². The third-order valence-corrected chi connectivity index (χ3v) is 6.22. The van der Waals surface area contributed by atoms with Crippen LogP contribution in [0, 0.1) is 0 Å². The van der Waals surface area contributed by atoms with Crippen molar-refractivity contribution < 1.29 is 24.1 Å². The lowest BCUT2D eigenvalue weighted by molar-refractivity contribution is -0.178. The average molecular weight is 417 g/mol. The zero-order valence-electron chi connectivity index (χ0n) is 17.4. The molecule has 0 radical (unpaired) electrons. The summed E-state index contributed by atoms with van der Waals surface area (Å²) in [6.07, 6.45) is -0.0151. The second kappa shape index (κ2) is 7.23. The summed E-state index contributed by atoms with van der Waals surface area (Å²) in [6.45, 7) is 0.589. The summed E-state index contributed by atoms with van der Waals surface area (Å²) in [7, 11) is 3.23. The van der Waals surface area contributed by atoms with E-state index in [1.54, 1.807) is 38.5 Å². The number of benzene rings is 3. The number of carbonyl (C=O) groups excluding carboxylic acids is 1. The Morgan fingerprint density at radius 2 is 1.65 bits per heavy atom. The molecule has 2 aliphatic heterocycles. The highest BCUT2D eigenvalue weighted by Gasteiger charge is 2.66. The molecule has 1 amide bonds. The second-order valence-electron chi connectivity index (χ2n) is 7.73. The molecule has 6 heteroatoms. The molecule has 0 spiro atoms. The zero-order chi connectivity index (χ0) is 21.6. The highest BCUT2D eigenvalue weighted by molar-refractivity contribution is 5.94. The van der Waals surface area contributed by atoms with Crippen molar-refractivity contribution >= 4 is 5.91 Å². The normalized spacial score (nSPS) is 21.5. The van der Waals surface area contributed by atoms with Crippen LogP contribution in [-0.4, -0.2) is 42.8 Å². The van der Waals surface area contributed by atoms with E-state index in [1.165, 1.54) is 0 Å². The molecule has 1 fully saturated rings. The molecular formula is C25H23NO5. The molecule has 0 aromatic heterocycles. The molecule has 6 nitrogen and oxygen atoms in total. The smallest absolute Gasteiger partial charge is 0.268 e. The quantitative estimate of drug-likeness (QED) is 0.644. The van der Waals surface area contributed by atoms with Gasteiger partial charge < -0.3 is 24.2 Å². The summed E-state index contributed by atoms with van der Waals surface area (Å²) in [5.74, 6) is 1.89. The Bertz CT molecular complexity index is 1130. The van der Waals surface area contributed by atoms with Gasteiger partial charge in [-0.05, 0) is 59.5 Å². The maximum Gasteiger partial charge on any atom is 0.268 e. The number of hydrogen-bond donors (Lipinski definition) is 1. The predicted molar refractivity (Wildman–Crippen MR) is 115 cm³/mol. The Hall–Kier alpha value is -3.67. The van der Waals surface area contributed by atoms with E-state index in [0.717, 1.165) is 23.1 Å². The lowest BCUT2D eigenvalue weighted by Gasteiger charge is -2.59. The third-order valence-electron chi connectivity index (χ3n) is 6.22. The van der Waals surface area contributed by atoms with Gasteiger partial charge in [0.1, 0.15) is 17.0 Å². The monoisotopic (exact) mass is 417 g/mol. The maximum absolute atomic E-state index is 13.2. The number of phenols is 1. The number of fused-ring (bicyclic) bond motifs is 3. The predicted octanol–water partition coefficient (Wildman–Crippen LogP) is 3.50. The van der Waals surface area contributed by atoms with Crippen LogP contribution < -0.4 is 14.2 Å². The molecule has 2 aliphatic rings. The molecule has 3 aromatic rings. The van der Waals surface area contributed by atoms with E-state index in [4.69, 9.17) is 14.2 Å². The van der Waals surface area contributed by atoms with E-state index < -0.39 is 11.6 Å². The highest BCUT2D eigenvalue weighted by Crippen LogP contribution is 2.53. The van der Waals surface area contributed by atoms with E-state index >= 15 is 0 Å². The number of ether oxygens (including phenoxy) is 3. The van der Waals surface area contributed by atoms with Crippen LogP contribution in [0.5, 0.6) is 23.0 Å². The number of hydrogen-bond acceptors (Lipinski definition) is 5. The average Bonchev–Trinajstić information content (AvgIpc) is 2.82. The van der Waals surface area contributed by atoms with E-state index in [1.807, 2.05) is 47.4 Å². The van der Waals surface area contributed by atoms with Crippen LogP contribution in [0.1, 0.15) is 16.7 Å². The van der Waals surface area contributed by atoms with Crippen LogP contribution in [0.2, 0.25) is 0 Å². The Kier molecular flexibility index (Phi) is 4.50. The molecule has 2 heterocycles. The fourth-order valence-corrected chi connectivity index (χ4v) is 4.81. The van der Waals surface area contributed by atoms with Gasteiger partial charge in [-0.3, -0.25) is 4.79 Å². The van der Waals surface area contributed by atoms with Crippen LogP contribution in [-0.2, 0) is 16.8 Å². The summed E-state index contributed by atoms with van der Waals surface area (Å²) < 4.78 is 17.4. The molecule has 3 aromatic carbocycles. The fourth-order valence-electron chi connectivity index (χ4n) is 4.81. The zero-order valence-corrected chi connectivity index (χ0v) is 17.4. The van der Waals surface area contributed by atoms with Gasteiger partial charge in [-0.25, -0.2) is 0 Å². The first-order valence-electron chi connectivity index (χ1n) is 10.2. The van der Waals surface area contributed by atoms with Gasteiger partial charge in [0.2, 0.25) is 6.10 Å². The molecule has 0 bridgehead atoms. The van der Waals surface area contributed by atoms with Crippen LogP contribution >= 0.6 is 0 Å². The third kappa shape index (κ3) is 2.75. The van der Waals surface area contributed by atoms with Gasteiger partial charge in [0.05, 0.1) is 14.2 Å². The molecule has 2 atom stereocenters. The highest BCUT2D eigenvalue weighted by atomic mass is 16.5. The van der Waals surface area contributed by atoms with Gasteiger partial charge in [-0.15, -0.1) is 0 Å². The Labute approximate surface area is 180 Å². The number of nitrogens with zero attached hydrogens (tertiary/aromatic N) is 1. The Morgan fingerprint density at radius 3 is 2.32 bits per heavy atom. The first-order chi connectivity index (χ1) is 15.1. The Morgan fingerprint density at radius 1 is 0.968 bits per heavy atom. The number of carbonyl (C=O) groups is 1. The molecule has 31 heavy (non-hydrogen) atoms.